The van der Waals surface area contributed by atoms with Crippen LogP contribution in [0.15, 0.2) is 36.4 Å². The lowest BCUT2D eigenvalue weighted by Crippen LogP contribution is -2.27. The summed E-state index contributed by atoms with van der Waals surface area (Å²) in [6, 6.07) is 13.5. The quantitative estimate of drug-likeness (QED) is 0.484. The zero-order chi connectivity index (χ0) is 23.2. The van der Waals surface area contributed by atoms with Crippen molar-refractivity contribution in [3.8, 4) is 5.75 Å². The third kappa shape index (κ3) is 5.90. The monoisotopic (exact) mass is 425 g/mol. The topological polar surface area (TPSA) is 55.5 Å². The summed E-state index contributed by atoms with van der Waals surface area (Å²) >= 11 is 0. The van der Waals surface area contributed by atoms with Crippen molar-refractivity contribution in [1.29, 1.82) is 0 Å². The van der Waals surface area contributed by atoms with Gasteiger partial charge in [0.05, 0.1) is 6.10 Å². The number of aliphatic hydroxyl groups is 1. The van der Waals surface area contributed by atoms with Crippen molar-refractivity contribution < 1.29 is 9.84 Å². The minimum atomic E-state index is -0.292. The molecule has 3 N–H and O–H groups in total. The average molecular weight is 426 g/mol. The molecule has 0 aliphatic carbocycles. The fraction of sp³-hybridized carbons (Fsp3) is 0.571. The Morgan fingerprint density at radius 2 is 1.52 bits per heavy atom. The van der Waals surface area contributed by atoms with Gasteiger partial charge in [-0.3, -0.25) is 0 Å². The third-order valence-electron chi connectivity index (χ3n) is 6.89. The van der Waals surface area contributed by atoms with Gasteiger partial charge in [-0.25, -0.2) is 0 Å². The molecule has 2 rings (SSSR count). The Bertz CT molecular complexity index is 847. The fourth-order valence-electron chi connectivity index (χ4n) is 4.51. The molecule has 1 atom stereocenters. The number of hydrogen-bond acceptors (Lipinski definition) is 3. The molecule has 2 aromatic carbocycles. The number of ether oxygens (including phenoxy) is 1. The van der Waals surface area contributed by atoms with Gasteiger partial charge >= 0.3 is 0 Å². The van der Waals surface area contributed by atoms with Gasteiger partial charge in [0.25, 0.3) is 0 Å². The van der Waals surface area contributed by atoms with Crippen LogP contribution >= 0.6 is 0 Å². The van der Waals surface area contributed by atoms with Gasteiger partial charge in [0.15, 0.2) is 0 Å². The lowest BCUT2D eigenvalue weighted by molar-refractivity contribution is 0.0560. The molecular weight excluding hydrogens is 382 g/mol. The van der Waals surface area contributed by atoms with Crippen LogP contribution in [0.1, 0.15) is 81.7 Å². The van der Waals surface area contributed by atoms with Gasteiger partial charge in [-0.1, -0.05) is 65.0 Å². The SMILES string of the molecule is CCC(CC)(c1ccc(CCC(O)C(C)(C)C)c(C)c1)c1ccc(OCCN)c(C)c1. The van der Waals surface area contributed by atoms with E-state index >= 15 is 0 Å². The number of benzene rings is 2. The minimum Gasteiger partial charge on any atom is -0.492 e. The molecule has 0 bridgehead atoms. The fourth-order valence-corrected chi connectivity index (χ4v) is 4.51. The summed E-state index contributed by atoms with van der Waals surface area (Å²) in [6.45, 7) is 16.2. The van der Waals surface area contributed by atoms with E-state index in [2.05, 4.69) is 84.9 Å². The maximum atomic E-state index is 10.4. The van der Waals surface area contributed by atoms with Crippen molar-refractivity contribution in [2.45, 2.75) is 85.7 Å². The molecule has 3 nitrogen and oxygen atoms in total. The molecule has 0 fully saturated rings. The number of aliphatic hydroxyl groups excluding tert-OH is 1. The molecule has 172 valence electrons. The van der Waals surface area contributed by atoms with E-state index < -0.39 is 0 Å². The van der Waals surface area contributed by atoms with Crippen molar-refractivity contribution in [2.75, 3.05) is 13.2 Å². The van der Waals surface area contributed by atoms with Crippen molar-refractivity contribution in [2.24, 2.45) is 11.1 Å². The first kappa shape index (κ1) is 25.4. The van der Waals surface area contributed by atoms with Crippen LogP contribution in [0.25, 0.3) is 0 Å². The summed E-state index contributed by atoms with van der Waals surface area (Å²) in [5.74, 6) is 0.916. The second kappa shape index (κ2) is 10.7. The molecule has 0 spiro atoms. The maximum absolute atomic E-state index is 10.4. The summed E-state index contributed by atoms with van der Waals surface area (Å²) in [5, 5.41) is 10.4. The van der Waals surface area contributed by atoms with Gasteiger partial charge in [0.2, 0.25) is 0 Å². The summed E-state index contributed by atoms with van der Waals surface area (Å²) < 4.78 is 5.79. The standard InChI is InChI=1S/C28H43NO2/c1-8-28(9-2,24-13-14-25(21(4)19-24)31-17-16-29)23-12-10-22(20(3)18-23)11-15-26(30)27(5,6)7/h10,12-14,18-19,26,30H,8-9,11,15-17,29H2,1-7H3. The van der Waals surface area contributed by atoms with E-state index in [1.54, 1.807) is 0 Å². The molecule has 0 amide bonds. The molecule has 0 heterocycles. The minimum absolute atomic E-state index is 0.0224. The normalized spacial score (nSPS) is 13.3. The second-order valence-electron chi connectivity index (χ2n) is 9.97. The molecule has 0 aliphatic rings. The van der Waals surface area contributed by atoms with Gasteiger partial charge in [0.1, 0.15) is 12.4 Å². The van der Waals surface area contributed by atoms with E-state index in [1.807, 2.05) is 0 Å². The largest absolute Gasteiger partial charge is 0.492 e. The van der Waals surface area contributed by atoms with E-state index in [9.17, 15) is 5.11 Å². The Morgan fingerprint density at radius 1 is 0.935 bits per heavy atom. The van der Waals surface area contributed by atoms with Crippen LogP contribution in [0, 0.1) is 19.3 Å². The zero-order valence-corrected chi connectivity index (χ0v) is 20.7. The van der Waals surface area contributed by atoms with Crippen molar-refractivity contribution in [1.82, 2.24) is 0 Å². The summed E-state index contributed by atoms with van der Waals surface area (Å²) in [5.41, 5.74) is 12.0. The smallest absolute Gasteiger partial charge is 0.122 e. The Balaban J connectivity index is 2.34. The summed E-state index contributed by atoms with van der Waals surface area (Å²) in [4.78, 5) is 0. The molecule has 3 heteroatoms. The van der Waals surface area contributed by atoms with Gasteiger partial charge in [0, 0.05) is 12.0 Å². The Labute approximate surface area is 190 Å². The molecule has 0 saturated carbocycles. The lowest BCUT2D eigenvalue weighted by Gasteiger charge is -2.34. The zero-order valence-electron chi connectivity index (χ0n) is 20.7. The molecule has 0 aromatic heterocycles. The Morgan fingerprint density at radius 3 is 2.00 bits per heavy atom. The summed E-state index contributed by atoms with van der Waals surface area (Å²) in [6.07, 6.45) is 3.48. The van der Waals surface area contributed by atoms with E-state index in [4.69, 9.17) is 10.5 Å². The van der Waals surface area contributed by atoms with Crippen molar-refractivity contribution in [3.05, 3.63) is 64.2 Å². The van der Waals surface area contributed by atoms with Crippen LogP contribution < -0.4 is 10.5 Å². The Hall–Kier alpha value is -1.84. The van der Waals surface area contributed by atoms with Crippen LogP contribution in [0.2, 0.25) is 0 Å². The predicted octanol–water partition coefficient (Wildman–Crippen LogP) is 6.09. The number of nitrogens with two attached hydrogens (primary N) is 1. The summed E-state index contributed by atoms with van der Waals surface area (Å²) in [7, 11) is 0. The predicted molar refractivity (Wildman–Crippen MR) is 132 cm³/mol. The second-order valence-corrected chi connectivity index (χ2v) is 9.97. The molecule has 0 radical (unpaired) electrons. The van der Waals surface area contributed by atoms with Crippen molar-refractivity contribution >= 4 is 0 Å². The van der Waals surface area contributed by atoms with E-state index in [1.165, 1.54) is 22.3 Å². The first-order chi connectivity index (χ1) is 14.6. The maximum Gasteiger partial charge on any atom is 0.122 e. The molecule has 0 aliphatic heterocycles. The first-order valence-corrected chi connectivity index (χ1v) is 11.8. The van der Waals surface area contributed by atoms with Gasteiger partial charge in [-0.15, -0.1) is 0 Å². The first-order valence-electron chi connectivity index (χ1n) is 11.8. The van der Waals surface area contributed by atoms with Gasteiger partial charge in [-0.2, -0.15) is 0 Å². The van der Waals surface area contributed by atoms with Gasteiger partial charge < -0.3 is 15.6 Å². The highest BCUT2D eigenvalue weighted by molar-refractivity contribution is 5.47. The van der Waals surface area contributed by atoms with Crippen LogP contribution in [0.3, 0.4) is 0 Å². The van der Waals surface area contributed by atoms with Crippen LogP contribution in [-0.4, -0.2) is 24.4 Å². The van der Waals surface area contributed by atoms with Crippen molar-refractivity contribution in [3.63, 3.8) is 0 Å². The van der Waals surface area contributed by atoms with E-state index in [-0.39, 0.29) is 16.9 Å². The van der Waals surface area contributed by atoms with Crippen LogP contribution in [0.4, 0.5) is 0 Å². The van der Waals surface area contributed by atoms with Crippen LogP contribution in [0.5, 0.6) is 5.75 Å². The van der Waals surface area contributed by atoms with E-state index in [0.717, 1.165) is 37.0 Å². The molecule has 31 heavy (non-hydrogen) atoms. The highest BCUT2D eigenvalue weighted by atomic mass is 16.5. The third-order valence-corrected chi connectivity index (χ3v) is 6.89. The molecule has 0 saturated heterocycles. The molecule has 2 aromatic rings. The average Bonchev–Trinajstić information content (AvgIpc) is 2.73. The lowest BCUT2D eigenvalue weighted by atomic mass is 9.69. The van der Waals surface area contributed by atoms with Crippen LogP contribution in [-0.2, 0) is 11.8 Å². The number of aryl methyl sites for hydroxylation is 3. The number of hydrogen-bond donors (Lipinski definition) is 2. The van der Waals surface area contributed by atoms with E-state index in [0.29, 0.717) is 13.2 Å². The van der Waals surface area contributed by atoms with Gasteiger partial charge in [-0.05, 0) is 78.8 Å². The molecule has 1 unspecified atom stereocenters. The highest BCUT2D eigenvalue weighted by Gasteiger charge is 2.31. The highest BCUT2D eigenvalue weighted by Crippen LogP contribution is 2.41. The number of rotatable bonds is 10. The Kier molecular flexibility index (Phi) is 8.73. The molecular formula is C28H43NO2.